The van der Waals surface area contributed by atoms with E-state index in [1.165, 1.54) is 0 Å². The van der Waals surface area contributed by atoms with Gasteiger partial charge in [0.25, 0.3) is 0 Å². The molecule has 1 heterocycles. The highest BCUT2D eigenvalue weighted by Gasteiger charge is 2.20. The minimum Gasteiger partial charge on any atom is -0.352 e. The van der Waals surface area contributed by atoms with Crippen molar-refractivity contribution in [1.29, 1.82) is 0 Å². The van der Waals surface area contributed by atoms with Gasteiger partial charge >= 0.3 is 0 Å². The van der Waals surface area contributed by atoms with Gasteiger partial charge in [0.2, 0.25) is 15.9 Å². The van der Waals surface area contributed by atoms with Gasteiger partial charge in [0.15, 0.2) is 0 Å². The van der Waals surface area contributed by atoms with Crippen LogP contribution in [0.2, 0.25) is 0 Å². The van der Waals surface area contributed by atoms with E-state index in [2.05, 4.69) is 15.4 Å². The zero-order valence-corrected chi connectivity index (χ0v) is 15.9. The lowest BCUT2D eigenvalue weighted by Gasteiger charge is -2.14. The highest BCUT2D eigenvalue weighted by Crippen LogP contribution is 2.21. The van der Waals surface area contributed by atoms with Crippen molar-refractivity contribution in [3.05, 3.63) is 28.8 Å². The molecule has 1 aromatic carbocycles. The molecule has 24 heavy (non-hydrogen) atoms. The monoisotopic (exact) mass is 375 g/mol. The third-order valence-electron chi connectivity index (χ3n) is 3.94. The van der Waals surface area contributed by atoms with E-state index in [1.807, 2.05) is 19.1 Å². The molecular weight excluding hydrogens is 350 g/mol. The van der Waals surface area contributed by atoms with Crippen molar-refractivity contribution in [1.82, 2.24) is 15.4 Å². The number of amides is 1. The number of halogens is 1. The van der Waals surface area contributed by atoms with Gasteiger partial charge in [-0.1, -0.05) is 17.7 Å². The van der Waals surface area contributed by atoms with Crippen LogP contribution in [0.4, 0.5) is 0 Å². The minimum atomic E-state index is -3.60. The van der Waals surface area contributed by atoms with Gasteiger partial charge in [0.1, 0.15) is 0 Å². The Balaban J connectivity index is 0.00000288. The van der Waals surface area contributed by atoms with Crippen LogP contribution in [0, 0.1) is 20.8 Å². The molecule has 1 saturated heterocycles. The maximum atomic E-state index is 12.5. The first kappa shape index (κ1) is 20.9. The van der Waals surface area contributed by atoms with Crippen molar-refractivity contribution in [2.75, 3.05) is 19.6 Å². The van der Waals surface area contributed by atoms with Gasteiger partial charge in [-0.2, -0.15) is 0 Å². The maximum absolute atomic E-state index is 12.5. The highest BCUT2D eigenvalue weighted by atomic mass is 35.5. The van der Waals surface area contributed by atoms with Crippen molar-refractivity contribution >= 4 is 28.3 Å². The fourth-order valence-corrected chi connectivity index (χ4v) is 4.52. The SMILES string of the molecule is Cc1cc(C)c(S(=O)(=O)NCCC(=O)NC2CCNC2)c(C)c1.Cl. The van der Waals surface area contributed by atoms with Crippen molar-refractivity contribution in [2.45, 2.75) is 44.6 Å². The molecule has 0 aromatic heterocycles. The lowest BCUT2D eigenvalue weighted by atomic mass is 10.1. The number of hydrogen-bond acceptors (Lipinski definition) is 4. The summed E-state index contributed by atoms with van der Waals surface area (Å²) in [5.41, 5.74) is 2.47. The van der Waals surface area contributed by atoms with Crippen LogP contribution in [-0.2, 0) is 14.8 Å². The van der Waals surface area contributed by atoms with Crippen LogP contribution >= 0.6 is 12.4 Å². The Bertz CT molecular complexity index is 663. The molecule has 1 atom stereocenters. The number of carbonyl (C=O) groups is 1. The Morgan fingerprint density at radius 1 is 1.25 bits per heavy atom. The molecule has 0 spiro atoms. The number of carbonyl (C=O) groups excluding carboxylic acids is 1. The number of rotatable bonds is 6. The van der Waals surface area contributed by atoms with Gasteiger partial charge < -0.3 is 10.6 Å². The van der Waals surface area contributed by atoms with E-state index in [0.29, 0.717) is 4.90 Å². The summed E-state index contributed by atoms with van der Waals surface area (Å²) in [5.74, 6) is -0.126. The van der Waals surface area contributed by atoms with E-state index in [4.69, 9.17) is 0 Å². The molecule has 0 bridgehead atoms. The lowest BCUT2D eigenvalue weighted by molar-refractivity contribution is -0.121. The van der Waals surface area contributed by atoms with E-state index in [0.717, 1.165) is 36.2 Å². The van der Waals surface area contributed by atoms with Gasteiger partial charge in [-0.25, -0.2) is 13.1 Å². The molecule has 2 rings (SSSR count). The zero-order valence-electron chi connectivity index (χ0n) is 14.3. The van der Waals surface area contributed by atoms with E-state index in [1.54, 1.807) is 13.8 Å². The summed E-state index contributed by atoms with van der Waals surface area (Å²) < 4.78 is 27.4. The summed E-state index contributed by atoms with van der Waals surface area (Å²) in [5, 5.41) is 6.07. The summed E-state index contributed by atoms with van der Waals surface area (Å²) in [4.78, 5) is 12.1. The van der Waals surface area contributed by atoms with Crippen molar-refractivity contribution in [2.24, 2.45) is 0 Å². The molecule has 1 aromatic rings. The molecule has 0 aliphatic carbocycles. The maximum Gasteiger partial charge on any atom is 0.241 e. The Kier molecular flexibility index (Phi) is 7.66. The van der Waals surface area contributed by atoms with Gasteiger partial charge in [0.05, 0.1) is 4.90 Å². The van der Waals surface area contributed by atoms with Crippen molar-refractivity contribution in [3.8, 4) is 0 Å². The number of nitrogens with one attached hydrogen (secondary N) is 3. The predicted octanol–water partition coefficient (Wildman–Crippen LogP) is 1.18. The number of sulfonamides is 1. The molecule has 8 heteroatoms. The van der Waals surface area contributed by atoms with Crippen molar-refractivity contribution < 1.29 is 13.2 Å². The second-order valence-corrected chi connectivity index (χ2v) is 7.84. The van der Waals surface area contributed by atoms with Gasteiger partial charge in [0, 0.05) is 25.6 Å². The molecule has 1 aliphatic heterocycles. The van der Waals surface area contributed by atoms with Crippen LogP contribution in [0.3, 0.4) is 0 Å². The standard InChI is InChI=1S/C16H25N3O3S.ClH/c1-11-8-12(2)16(13(3)9-11)23(21,22)18-7-5-15(20)19-14-4-6-17-10-14;/h8-9,14,17-18H,4-7,10H2,1-3H3,(H,19,20);1H. The quantitative estimate of drug-likeness (QED) is 0.696. The van der Waals surface area contributed by atoms with Crippen LogP contribution in [0.5, 0.6) is 0 Å². The van der Waals surface area contributed by atoms with E-state index < -0.39 is 10.0 Å². The molecule has 3 N–H and O–H groups in total. The zero-order chi connectivity index (χ0) is 17.0. The fraction of sp³-hybridized carbons (Fsp3) is 0.562. The summed E-state index contributed by atoms with van der Waals surface area (Å²) in [7, 11) is -3.60. The minimum absolute atomic E-state index is 0. The second-order valence-electron chi connectivity index (χ2n) is 6.13. The summed E-state index contributed by atoms with van der Waals surface area (Å²) in [6.45, 7) is 7.29. The molecule has 1 unspecified atom stereocenters. The summed E-state index contributed by atoms with van der Waals surface area (Å²) in [6, 6.07) is 3.85. The predicted molar refractivity (Wildman–Crippen MR) is 97.1 cm³/mol. The smallest absolute Gasteiger partial charge is 0.241 e. The van der Waals surface area contributed by atoms with E-state index in [-0.39, 0.29) is 37.3 Å². The molecular formula is C16H26ClN3O3S. The normalized spacial score (nSPS) is 17.4. The largest absolute Gasteiger partial charge is 0.352 e. The van der Waals surface area contributed by atoms with Gasteiger partial charge in [-0.15, -0.1) is 12.4 Å². The highest BCUT2D eigenvalue weighted by molar-refractivity contribution is 7.89. The van der Waals surface area contributed by atoms with Crippen LogP contribution in [0.1, 0.15) is 29.5 Å². The van der Waals surface area contributed by atoms with Crippen LogP contribution < -0.4 is 15.4 Å². The Hall–Kier alpha value is -1.15. The third kappa shape index (κ3) is 5.44. The summed E-state index contributed by atoms with van der Waals surface area (Å²) >= 11 is 0. The first-order chi connectivity index (χ1) is 10.8. The number of benzene rings is 1. The number of aryl methyl sites for hydroxylation is 3. The van der Waals surface area contributed by atoms with E-state index >= 15 is 0 Å². The molecule has 6 nitrogen and oxygen atoms in total. The average Bonchev–Trinajstić information content (AvgIpc) is 2.89. The molecule has 1 amide bonds. The Labute approximate surface area is 150 Å². The molecule has 1 fully saturated rings. The van der Waals surface area contributed by atoms with Crippen LogP contribution in [0.25, 0.3) is 0 Å². The third-order valence-corrected chi connectivity index (χ3v) is 5.71. The average molecular weight is 376 g/mol. The first-order valence-corrected chi connectivity index (χ1v) is 9.35. The van der Waals surface area contributed by atoms with Gasteiger partial charge in [-0.05, 0) is 44.9 Å². The van der Waals surface area contributed by atoms with Crippen molar-refractivity contribution in [3.63, 3.8) is 0 Å². The molecule has 1 aliphatic rings. The molecule has 0 radical (unpaired) electrons. The first-order valence-electron chi connectivity index (χ1n) is 7.87. The number of hydrogen-bond donors (Lipinski definition) is 3. The summed E-state index contributed by atoms with van der Waals surface area (Å²) in [6.07, 6.45) is 1.05. The van der Waals surface area contributed by atoms with Crippen LogP contribution in [-0.4, -0.2) is 40.0 Å². The Morgan fingerprint density at radius 3 is 2.42 bits per heavy atom. The lowest BCUT2D eigenvalue weighted by Crippen LogP contribution is -2.38. The van der Waals surface area contributed by atoms with E-state index in [9.17, 15) is 13.2 Å². The topological polar surface area (TPSA) is 87.3 Å². The fourth-order valence-electron chi connectivity index (χ4n) is 3.04. The molecule has 0 saturated carbocycles. The Morgan fingerprint density at radius 2 is 1.88 bits per heavy atom. The van der Waals surface area contributed by atoms with Crippen LogP contribution in [0.15, 0.2) is 17.0 Å². The second kappa shape index (κ2) is 8.80. The molecule has 136 valence electrons. The van der Waals surface area contributed by atoms with Gasteiger partial charge in [-0.3, -0.25) is 4.79 Å².